The predicted molar refractivity (Wildman–Crippen MR) is 130 cm³/mol. The van der Waals surface area contributed by atoms with E-state index in [9.17, 15) is 0 Å². The summed E-state index contributed by atoms with van der Waals surface area (Å²) < 4.78 is 13.9. The van der Waals surface area contributed by atoms with Crippen LogP contribution in [0.4, 0.5) is 0 Å². The molecule has 2 aromatic carbocycles. The van der Waals surface area contributed by atoms with Gasteiger partial charge in [-0.2, -0.15) is 0 Å². The van der Waals surface area contributed by atoms with Crippen molar-refractivity contribution in [2.75, 3.05) is 0 Å². The van der Waals surface area contributed by atoms with Crippen molar-refractivity contribution < 1.29 is 9.47 Å². The van der Waals surface area contributed by atoms with E-state index in [1.165, 1.54) is 33.0 Å². The largest absolute Gasteiger partial charge is 0.350 e. The first-order valence-corrected chi connectivity index (χ1v) is 12.5. The van der Waals surface area contributed by atoms with Gasteiger partial charge in [0.1, 0.15) is 22.4 Å². The molecule has 0 N–H and O–H groups in total. The molecule has 0 amide bonds. The first-order chi connectivity index (χ1) is 15.0. The van der Waals surface area contributed by atoms with Gasteiger partial charge in [0.2, 0.25) is 0 Å². The van der Waals surface area contributed by atoms with Crippen LogP contribution in [0.1, 0.15) is 77.6 Å². The van der Waals surface area contributed by atoms with E-state index in [0.717, 1.165) is 0 Å². The van der Waals surface area contributed by atoms with Crippen molar-refractivity contribution >= 4 is 10.8 Å². The molecule has 0 spiro atoms. The molecule has 0 aromatic heterocycles. The highest BCUT2D eigenvalue weighted by Crippen LogP contribution is 2.63. The zero-order valence-electron chi connectivity index (χ0n) is 20.7. The van der Waals surface area contributed by atoms with E-state index in [-0.39, 0.29) is 22.4 Å². The van der Waals surface area contributed by atoms with Crippen molar-refractivity contribution in [1.29, 1.82) is 0 Å². The molecule has 2 heteroatoms. The fourth-order valence-corrected chi connectivity index (χ4v) is 6.90. The SMILES string of the molecule is CC(C)[C@@]12C=C[C@@](C(C)C)(O1)c1cc3cc4c(cc3cc12)[C@@]1(C(C)C)C=C[C@]4(C(C)C)O1. The Morgan fingerprint density at radius 3 is 0.844 bits per heavy atom. The second-order valence-electron chi connectivity index (χ2n) is 11.8. The van der Waals surface area contributed by atoms with Crippen LogP contribution < -0.4 is 0 Å². The predicted octanol–water partition coefficient (Wildman–Crippen LogP) is 7.45. The Hall–Kier alpha value is -1.90. The Morgan fingerprint density at radius 1 is 0.438 bits per heavy atom. The zero-order valence-corrected chi connectivity index (χ0v) is 20.7. The zero-order chi connectivity index (χ0) is 22.8. The summed E-state index contributed by atoms with van der Waals surface area (Å²) in [6.07, 6.45) is 9.32. The van der Waals surface area contributed by atoms with Crippen LogP contribution in [-0.4, -0.2) is 0 Å². The maximum absolute atomic E-state index is 6.94. The lowest BCUT2D eigenvalue weighted by molar-refractivity contribution is -0.115. The number of benzene rings is 2. The van der Waals surface area contributed by atoms with Gasteiger partial charge < -0.3 is 9.47 Å². The van der Waals surface area contributed by atoms with Gasteiger partial charge in [0, 0.05) is 0 Å². The topological polar surface area (TPSA) is 18.5 Å². The lowest BCUT2D eigenvalue weighted by Crippen LogP contribution is -2.31. The first kappa shape index (κ1) is 20.7. The van der Waals surface area contributed by atoms with Crippen LogP contribution in [-0.2, 0) is 31.9 Å². The highest BCUT2D eigenvalue weighted by Gasteiger charge is 2.60. The van der Waals surface area contributed by atoms with Crippen molar-refractivity contribution in [3.05, 3.63) is 70.8 Å². The number of rotatable bonds is 4. The molecule has 4 heterocycles. The highest BCUT2D eigenvalue weighted by atomic mass is 16.5. The van der Waals surface area contributed by atoms with Gasteiger partial charge in [-0.15, -0.1) is 0 Å². The summed E-state index contributed by atoms with van der Waals surface area (Å²) in [5.41, 5.74) is 4.13. The molecule has 4 aliphatic rings. The summed E-state index contributed by atoms with van der Waals surface area (Å²) in [7, 11) is 0. The summed E-state index contributed by atoms with van der Waals surface area (Å²) in [5.74, 6) is 1.50. The second-order valence-corrected chi connectivity index (χ2v) is 11.8. The Labute approximate surface area is 192 Å². The Morgan fingerprint density at radius 2 is 0.656 bits per heavy atom. The Kier molecular flexibility index (Phi) is 3.85. The van der Waals surface area contributed by atoms with Crippen molar-refractivity contribution in [3.63, 3.8) is 0 Å². The molecule has 4 bridgehead atoms. The van der Waals surface area contributed by atoms with Gasteiger partial charge in [-0.3, -0.25) is 0 Å². The van der Waals surface area contributed by atoms with E-state index in [1.54, 1.807) is 0 Å². The molecule has 0 aliphatic carbocycles. The van der Waals surface area contributed by atoms with Gasteiger partial charge in [-0.25, -0.2) is 0 Å². The minimum atomic E-state index is -0.322. The summed E-state index contributed by atoms with van der Waals surface area (Å²) in [6.45, 7) is 18.2. The molecule has 168 valence electrons. The van der Waals surface area contributed by atoms with Crippen LogP contribution in [0.25, 0.3) is 10.8 Å². The van der Waals surface area contributed by atoms with Crippen LogP contribution in [0.5, 0.6) is 0 Å². The number of fused-ring (bicyclic) bond motifs is 11. The van der Waals surface area contributed by atoms with E-state index in [4.69, 9.17) is 9.47 Å². The molecule has 4 aliphatic heterocycles. The Bertz CT molecular complexity index is 1030. The number of hydrogen-bond donors (Lipinski definition) is 0. The van der Waals surface area contributed by atoms with Crippen LogP contribution in [0.15, 0.2) is 48.6 Å². The third-order valence-electron chi connectivity index (χ3n) is 9.06. The first-order valence-electron chi connectivity index (χ1n) is 12.5. The summed E-state index contributed by atoms with van der Waals surface area (Å²) in [5, 5.41) is 2.60. The molecular formula is C30H36O2. The maximum Gasteiger partial charge on any atom is 0.116 e. The lowest BCUT2D eigenvalue weighted by atomic mass is 9.71. The molecule has 0 unspecified atom stereocenters. The average Bonchev–Trinajstić information content (AvgIpc) is 3.47. The van der Waals surface area contributed by atoms with Crippen molar-refractivity contribution in [2.24, 2.45) is 23.7 Å². The molecule has 0 saturated heterocycles. The Balaban J connectivity index is 1.64. The summed E-state index contributed by atoms with van der Waals surface area (Å²) in [6, 6.07) is 9.68. The number of hydrogen-bond acceptors (Lipinski definition) is 2. The van der Waals surface area contributed by atoms with Gasteiger partial charge in [-0.1, -0.05) is 55.4 Å². The lowest BCUT2D eigenvalue weighted by Gasteiger charge is -2.31. The third kappa shape index (κ3) is 2.06. The minimum Gasteiger partial charge on any atom is -0.350 e. The smallest absolute Gasteiger partial charge is 0.116 e. The van der Waals surface area contributed by atoms with E-state index in [1.807, 2.05) is 0 Å². The molecular weight excluding hydrogens is 392 g/mol. The van der Waals surface area contributed by atoms with Crippen LogP contribution in [0.2, 0.25) is 0 Å². The second kappa shape index (κ2) is 5.96. The normalized spacial score (nSPS) is 36.0. The van der Waals surface area contributed by atoms with Crippen molar-refractivity contribution in [1.82, 2.24) is 0 Å². The van der Waals surface area contributed by atoms with Gasteiger partial charge in [-0.05, 0) is 105 Å². The fraction of sp³-hybridized carbons (Fsp3) is 0.533. The molecule has 0 saturated carbocycles. The molecule has 6 rings (SSSR count). The average molecular weight is 429 g/mol. The fourth-order valence-electron chi connectivity index (χ4n) is 6.90. The quantitative estimate of drug-likeness (QED) is 0.471. The van der Waals surface area contributed by atoms with Crippen LogP contribution in [0, 0.1) is 23.7 Å². The van der Waals surface area contributed by atoms with E-state index in [0.29, 0.717) is 23.7 Å². The molecule has 32 heavy (non-hydrogen) atoms. The van der Waals surface area contributed by atoms with Crippen LogP contribution >= 0.6 is 0 Å². The van der Waals surface area contributed by atoms with Gasteiger partial charge in [0.25, 0.3) is 0 Å². The summed E-state index contributed by atoms with van der Waals surface area (Å²) >= 11 is 0. The standard InChI is InChI=1S/C30H36O2/c1-17(2)27-9-10-28(31-27,18(3)4)24-14-22-16-26-25(15-21(22)13-23(24)27)29(19(5)6)11-12-30(26,32-29)20(7)8/h9-20H,1-8H3/t27-,28+,29+,30-. The molecule has 2 nitrogen and oxygen atoms in total. The van der Waals surface area contributed by atoms with Crippen molar-refractivity contribution in [3.8, 4) is 0 Å². The molecule has 0 fully saturated rings. The van der Waals surface area contributed by atoms with Crippen molar-refractivity contribution in [2.45, 2.75) is 77.8 Å². The molecule has 4 atom stereocenters. The maximum atomic E-state index is 6.94. The molecule has 2 aromatic rings. The van der Waals surface area contributed by atoms with Gasteiger partial charge in [0.15, 0.2) is 0 Å². The number of ether oxygens (including phenoxy) is 2. The third-order valence-corrected chi connectivity index (χ3v) is 9.06. The van der Waals surface area contributed by atoms with E-state index in [2.05, 4.69) is 104 Å². The molecule has 0 radical (unpaired) electrons. The summed E-state index contributed by atoms with van der Waals surface area (Å²) in [4.78, 5) is 0. The minimum absolute atomic E-state index is 0.322. The van der Waals surface area contributed by atoms with Gasteiger partial charge >= 0.3 is 0 Å². The van der Waals surface area contributed by atoms with Crippen LogP contribution in [0.3, 0.4) is 0 Å². The highest BCUT2D eigenvalue weighted by molar-refractivity contribution is 5.88. The van der Waals surface area contributed by atoms with Gasteiger partial charge in [0.05, 0.1) is 0 Å². The monoisotopic (exact) mass is 428 g/mol. The van der Waals surface area contributed by atoms with E-state index < -0.39 is 0 Å². The van der Waals surface area contributed by atoms with E-state index >= 15 is 0 Å².